The Morgan fingerprint density at radius 2 is 2.20 bits per heavy atom. The number of rotatable bonds is 5. The molecule has 2 nitrogen and oxygen atoms in total. The van der Waals surface area contributed by atoms with Crippen LogP contribution in [-0.2, 0) is 5.75 Å². The van der Waals surface area contributed by atoms with Crippen LogP contribution in [0.5, 0.6) is 0 Å². The highest BCUT2D eigenvalue weighted by atomic mass is 32.2. The van der Waals surface area contributed by atoms with Gasteiger partial charge >= 0.3 is 0 Å². The molecule has 4 heteroatoms. The monoisotopic (exact) mass is 242 g/mol. The van der Waals surface area contributed by atoms with Crippen molar-refractivity contribution in [3.05, 3.63) is 21.9 Å². The lowest BCUT2D eigenvalue weighted by molar-refractivity contribution is 0.296. The molecule has 2 N–H and O–H groups in total. The van der Waals surface area contributed by atoms with E-state index in [0.29, 0.717) is 0 Å². The number of thiophene rings is 1. The number of hydrogen-bond donors (Lipinski definition) is 2. The van der Waals surface area contributed by atoms with Crippen LogP contribution < -0.4 is 0 Å². The summed E-state index contributed by atoms with van der Waals surface area (Å²) in [7, 11) is 0. The van der Waals surface area contributed by atoms with Gasteiger partial charge in [-0.1, -0.05) is 11.8 Å². The molecule has 0 spiro atoms. The van der Waals surface area contributed by atoms with Gasteiger partial charge in [-0.3, -0.25) is 0 Å². The molecule has 0 aliphatic carbocycles. The molecule has 15 heavy (non-hydrogen) atoms. The fourth-order valence-electron chi connectivity index (χ4n) is 0.989. The maximum atomic E-state index is 8.61. The predicted octanol–water partition coefficient (Wildman–Crippen LogP) is 1.71. The fraction of sp³-hybridized carbons (Fsp3) is 0.455. The molecular weight excluding hydrogens is 228 g/mol. The lowest BCUT2D eigenvalue weighted by Crippen LogP contribution is -1.85. The molecular formula is C11H14O2S2. The van der Waals surface area contributed by atoms with E-state index < -0.39 is 0 Å². The largest absolute Gasteiger partial charge is 0.396 e. The zero-order valence-electron chi connectivity index (χ0n) is 8.40. The zero-order chi connectivity index (χ0) is 10.9. The number of aliphatic hydroxyl groups excluding tert-OH is 2. The summed E-state index contributed by atoms with van der Waals surface area (Å²) >= 11 is 3.48. The maximum absolute atomic E-state index is 8.61. The summed E-state index contributed by atoms with van der Waals surface area (Å²) in [6, 6.07) is 4.05. The average molecular weight is 242 g/mol. The third-order valence-electron chi connectivity index (χ3n) is 1.64. The van der Waals surface area contributed by atoms with Gasteiger partial charge in [0.25, 0.3) is 0 Å². The van der Waals surface area contributed by atoms with Gasteiger partial charge in [-0.05, 0) is 24.3 Å². The topological polar surface area (TPSA) is 40.5 Å². The minimum Gasteiger partial charge on any atom is -0.396 e. The lowest BCUT2D eigenvalue weighted by atomic mass is 10.4. The number of hydrogen-bond acceptors (Lipinski definition) is 4. The second-order valence-electron chi connectivity index (χ2n) is 2.86. The molecule has 0 atom stereocenters. The molecule has 0 bridgehead atoms. The van der Waals surface area contributed by atoms with Gasteiger partial charge < -0.3 is 10.2 Å². The van der Waals surface area contributed by atoms with Gasteiger partial charge in [0.1, 0.15) is 6.61 Å². The average Bonchev–Trinajstić information content (AvgIpc) is 2.69. The minimum absolute atomic E-state index is 0.0848. The quantitative estimate of drug-likeness (QED) is 0.610. The van der Waals surface area contributed by atoms with Crippen LogP contribution in [0.4, 0.5) is 0 Å². The Morgan fingerprint density at radius 3 is 2.93 bits per heavy atom. The van der Waals surface area contributed by atoms with E-state index in [1.165, 1.54) is 4.88 Å². The van der Waals surface area contributed by atoms with Crippen LogP contribution in [-0.4, -0.2) is 29.2 Å². The van der Waals surface area contributed by atoms with Crippen LogP contribution in [0.15, 0.2) is 12.1 Å². The standard InChI is InChI=1S/C11H14O2S2/c12-6-1-3-10-4-5-11(15-10)9-14-8-2-7-13/h4-5,12-13H,2,6-9H2. The normalized spacial score (nSPS) is 9.73. The SMILES string of the molecule is OCC#Cc1ccc(CSCCCO)s1. The van der Waals surface area contributed by atoms with E-state index >= 15 is 0 Å². The Balaban J connectivity index is 2.33. The van der Waals surface area contributed by atoms with Crippen LogP contribution in [0.2, 0.25) is 0 Å². The van der Waals surface area contributed by atoms with Crippen molar-refractivity contribution in [1.29, 1.82) is 0 Å². The molecule has 1 aromatic heterocycles. The smallest absolute Gasteiger partial charge is 0.104 e. The highest BCUT2D eigenvalue weighted by Crippen LogP contribution is 2.21. The van der Waals surface area contributed by atoms with Gasteiger partial charge in [0, 0.05) is 17.2 Å². The maximum Gasteiger partial charge on any atom is 0.104 e. The highest BCUT2D eigenvalue weighted by Gasteiger charge is 1.97. The predicted molar refractivity (Wildman–Crippen MR) is 66.1 cm³/mol. The van der Waals surface area contributed by atoms with Crippen molar-refractivity contribution >= 4 is 23.1 Å². The molecule has 1 rings (SSSR count). The summed E-state index contributed by atoms with van der Waals surface area (Å²) in [6.45, 7) is 0.184. The van der Waals surface area contributed by atoms with Gasteiger partial charge in [-0.2, -0.15) is 11.8 Å². The second kappa shape index (κ2) is 7.77. The van der Waals surface area contributed by atoms with E-state index in [9.17, 15) is 0 Å². The van der Waals surface area contributed by atoms with Crippen LogP contribution in [0.25, 0.3) is 0 Å². The van der Waals surface area contributed by atoms with E-state index in [0.717, 1.165) is 22.8 Å². The summed E-state index contributed by atoms with van der Waals surface area (Å²) < 4.78 is 0. The van der Waals surface area contributed by atoms with Crippen molar-refractivity contribution in [3.63, 3.8) is 0 Å². The first kappa shape index (κ1) is 12.6. The Kier molecular flexibility index (Phi) is 6.53. The van der Waals surface area contributed by atoms with Crippen molar-refractivity contribution in [1.82, 2.24) is 0 Å². The zero-order valence-corrected chi connectivity index (χ0v) is 10.0. The van der Waals surface area contributed by atoms with E-state index in [4.69, 9.17) is 10.2 Å². The molecule has 0 unspecified atom stereocenters. The summed E-state index contributed by atoms with van der Waals surface area (Å²) in [5, 5.41) is 17.2. The lowest BCUT2D eigenvalue weighted by Gasteiger charge is -1.96. The Labute approximate surface area is 98.3 Å². The first-order valence-electron chi connectivity index (χ1n) is 4.74. The van der Waals surface area contributed by atoms with Gasteiger partial charge in [0.2, 0.25) is 0 Å². The van der Waals surface area contributed by atoms with Gasteiger partial charge in [-0.15, -0.1) is 11.3 Å². The van der Waals surface area contributed by atoms with Crippen LogP contribution in [0, 0.1) is 11.8 Å². The van der Waals surface area contributed by atoms with Crippen molar-refractivity contribution in [2.45, 2.75) is 12.2 Å². The molecule has 1 aromatic rings. The van der Waals surface area contributed by atoms with E-state index in [-0.39, 0.29) is 13.2 Å². The molecule has 0 aromatic carbocycles. The Morgan fingerprint density at radius 1 is 1.33 bits per heavy atom. The molecule has 82 valence electrons. The fourth-order valence-corrected chi connectivity index (χ4v) is 2.93. The van der Waals surface area contributed by atoms with Crippen molar-refractivity contribution < 1.29 is 10.2 Å². The summed E-state index contributed by atoms with van der Waals surface area (Å²) in [4.78, 5) is 2.29. The minimum atomic E-state index is -0.0848. The van der Waals surface area contributed by atoms with Crippen LogP contribution >= 0.6 is 23.1 Å². The molecule has 0 fully saturated rings. The molecule has 0 saturated heterocycles. The van der Waals surface area contributed by atoms with Crippen molar-refractivity contribution in [2.75, 3.05) is 19.0 Å². The Bertz CT molecular complexity index is 336. The second-order valence-corrected chi connectivity index (χ2v) is 5.13. The Hall–Kier alpha value is -0.470. The summed E-state index contributed by atoms with van der Waals surface area (Å²) in [6.07, 6.45) is 0.854. The molecule has 0 radical (unpaired) electrons. The summed E-state index contributed by atoms with van der Waals surface area (Å²) in [5.41, 5.74) is 0. The van der Waals surface area contributed by atoms with E-state index in [2.05, 4.69) is 17.9 Å². The van der Waals surface area contributed by atoms with E-state index in [1.54, 1.807) is 11.3 Å². The molecule has 0 aliphatic rings. The first-order chi connectivity index (χ1) is 7.36. The third kappa shape index (κ3) is 5.24. The number of aliphatic hydroxyl groups is 2. The van der Waals surface area contributed by atoms with E-state index in [1.807, 2.05) is 17.8 Å². The van der Waals surface area contributed by atoms with Crippen LogP contribution in [0.1, 0.15) is 16.2 Å². The van der Waals surface area contributed by atoms with Crippen molar-refractivity contribution in [3.8, 4) is 11.8 Å². The molecule has 0 saturated carbocycles. The van der Waals surface area contributed by atoms with Crippen molar-refractivity contribution in [2.24, 2.45) is 0 Å². The summed E-state index contributed by atoms with van der Waals surface area (Å²) in [5.74, 6) is 7.49. The number of thioether (sulfide) groups is 1. The highest BCUT2D eigenvalue weighted by molar-refractivity contribution is 7.98. The van der Waals surface area contributed by atoms with Gasteiger partial charge in [0.15, 0.2) is 0 Å². The molecule has 1 heterocycles. The molecule has 0 aliphatic heterocycles. The molecule has 0 amide bonds. The van der Waals surface area contributed by atoms with Crippen LogP contribution in [0.3, 0.4) is 0 Å². The van der Waals surface area contributed by atoms with Gasteiger partial charge in [0.05, 0.1) is 4.88 Å². The first-order valence-corrected chi connectivity index (χ1v) is 6.71. The third-order valence-corrected chi connectivity index (χ3v) is 3.92. The van der Waals surface area contributed by atoms with Gasteiger partial charge in [-0.25, -0.2) is 0 Å².